The van der Waals surface area contributed by atoms with Gasteiger partial charge in [0, 0.05) is 0 Å². The summed E-state index contributed by atoms with van der Waals surface area (Å²) in [4.78, 5) is 0. The topological polar surface area (TPSA) is 0 Å². The molecule has 0 atom stereocenters. The smallest absolute Gasteiger partial charge is 0.123 e. The van der Waals surface area contributed by atoms with E-state index in [1.165, 1.54) is 37.7 Å². The monoisotopic (exact) mass is 256 g/mol. The average molecular weight is 256 g/mol. The van der Waals surface area contributed by atoms with Gasteiger partial charge in [-0.15, -0.1) is 0 Å². The Morgan fingerprint density at radius 1 is 0.684 bits per heavy atom. The van der Waals surface area contributed by atoms with Crippen molar-refractivity contribution < 1.29 is 4.39 Å². The lowest BCUT2D eigenvalue weighted by Crippen LogP contribution is -2.04. The molecule has 0 saturated heterocycles. The molecular weight excluding hydrogens is 235 g/mol. The van der Waals surface area contributed by atoms with Crippen LogP contribution in [0.3, 0.4) is 0 Å². The van der Waals surface area contributed by atoms with Crippen molar-refractivity contribution in [2.45, 2.75) is 38.0 Å². The Hall–Kier alpha value is -1.63. The van der Waals surface area contributed by atoms with Crippen molar-refractivity contribution >= 4 is 0 Å². The Kier molecular flexibility index (Phi) is 5.61. The summed E-state index contributed by atoms with van der Waals surface area (Å²) in [6.07, 6.45) is 6.61. The minimum absolute atomic E-state index is 0.125. The zero-order valence-corrected chi connectivity index (χ0v) is 11.3. The normalized spacial score (nSPS) is 15.4. The third kappa shape index (κ3) is 4.86. The SMILES string of the molecule is Fc1ccc(C2CCCCC2)cc1.c1ccccc1. The molecule has 2 aromatic rings. The quantitative estimate of drug-likeness (QED) is 0.626. The fourth-order valence-corrected chi connectivity index (χ4v) is 2.56. The molecule has 0 amide bonds. The van der Waals surface area contributed by atoms with E-state index in [0.717, 1.165) is 0 Å². The third-order valence-corrected chi connectivity index (χ3v) is 3.61. The second kappa shape index (κ2) is 7.73. The molecule has 1 aliphatic carbocycles. The Bertz CT molecular complexity index is 414. The Morgan fingerprint density at radius 3 is 1.63 bits per heavy atom. The first-order valence-corrected chi connectivity index (χ1v) is 7.12. The molecule has 1 aliphatic rings. The number of hydrogen-bond donors (Lipinski definition) is 0. The molecule has 3 rings (SSSR count). The fraction of sp³-hybridized carbons (Fsp3) is 0.333. The summed E-state index contributed by atoms with van der Waals surface area (Å²) in [6.45, 7) is 0. The van der Waals surface area contributed by atoms with Crippen LogP contribution in [0.15, 0.2) is 60.7 Å². The van der Waals surface area contributed by atoms with Gasteiger partial charge in [0.05, 0.1) is 0 Å². The Balaban J connectivity index is 0.000000186. The van der Waals surface area contributed by atoms with Crippen molar-refractivity contribution in [1.29, 1.82) is 0 Å². The number of benzene rings is 2. The molecule has 1 heteroatoms. The molecule has 1 saturated carbocycles. The fourth-order valence-electron chi connectivity index (χ4n) is 2.56. The van der Waals surface area contributed by atoms with E-state index in [1.54, 1.807) is 12.1 Å². The molecule has 0 nitrogen and oxygen atoms in total. The Labute approximate surface area is 115 Å². The highest BCUT2D eigenvalue weighted by Crippen LogP contribution is 2.32. The van der Waals surface area contributed by atoms with Crippen molar-refractivity contribution in [1.82, 2.24) is 0 Å². The largest absolute Gasteiger partial charge is 0.207 e. The van der Waals surface area contributed by atoms with Gasteiger partial charge >= 0.3 is 0 Å². The van der Waals surface area contributed by atoms with Crippen molar-refractivity contribution in [3.63, 3.8) is 0 Å². The summed E-state index contributed by atoms with van der Waals surface area (Å²) >= 11 is 0. The van der Waals surface area contributed by atoms with Gasteiger partial charge in [0.2, 0.25) is 0 Å². The number of halogens is 1. The van der Waals surface area contributed by atoms with Gasteiger partial charge in [-0.3, -0.25) is 0 Å². The second-order valence-electron chi connectivity index (χ2n) is 5.04. The molecule has 0 spiro atoms. The highest BCUT2D eigenvalue weighted by molar-refractivity contribution is 5.20. The molecule has 0 aromatic heterocycles. The molecule has 0 bridgehead atoms. The average Bonchev–Trinajstić information content (AvgIpc) is 2.51. The van der Waals surface area contributed by atoms with Crippen LogP contribution in [0.1, 0.15) is 43.6 Å². The van der Waals surface area contributed by atoms with Crippen LogP contribution in [-0.4, -0.2) is 0 Å². The maximum Gasteiger partial charge on any atom is 0.123 e. The lowest BCUT2D eigenvalue weighted by atomic mass is 9.84. The molecule has 0 radical (unpaired) electrons. The van der Waals surface area contributed by atoms with E-state index in [4.69, 9.17) is 0 Å². The van der Waals surface area contributed by atoms with Crippen LogP contribution in [0, 0.1) is 5.82 Å². The predicted molar refractivity (Wildman–Crippen MR) is 78.7 cm³/mol. The first-order valence-electron chi connectivity index (χ1n) is 7.12. The van der Waals surface area contributed by atoms with Gasteiger partial charge in [-0.1, -0.05) is 67.8 Å². The van der Waals surface area contributed by atoms with E-state index >= 15 is 0 Å². The van der Waals surface area contributed by atoms with Crippen molar-refractivity contribution in [3.8, 4) is 0 Å². The van der Waals surface area contributed by atoms with Crippen molar-refractivity contribution in [3.05, 3.63) is 72.0 Å². The first-order chi connectivity index (χ1) is 9.36. The predicted octanol–water partition coefficient (Wildman–Crippen LogP) is 5.56. The highest BCUT2D eigenvalue weighted by atomic mass is 19.1. The summed E-state index contributed by atoms with van der Waals surface area (Å²) in [5.74, 6) is 0.564. The molecular formula is C18H21F. The molecule has 2 aromatic carbocycles. The molecule has 0 aliphatic heterocycles. The minimum Gasteiger partial charge on any atom is -0.207 e. The van der Waals surface area contributed by atoms with Gasteiger partial charge in [-0.2, -0.15) is 0 Å². The van der Waals surface area contributed by atoms with Crippen LogP contribution in [0.2, 0.25) is 0 Å². The summed E-state index contributed by atoms with van der Waals surface area (Å²) in [5.41, 5.74) is 1.32. The molecule has 0 unspecified atom stereocenters. The van der Waals surface area contributed by atoms with Crippen molar-refractivity contribution in [2.75, 3.05) is 0 Å². The zero-order valence-electron chi connectivity index (χ0n) is 11.3. The first kappa shape index (κ1) is 13.8. The standard InChI is InChI=1S/C12H15F.C6H6/c13-12-8-6-11(7-9-12)10-4-2-1-3-5-10;1-2-4-6-5-3-1/h6-10H,1-5H2;1-6H. The molecule has 0 N–H and O–H groups in total. The van der Waals surface area contributed by atoms with Gasteiger partial charge in [0.1, 0.15) is 5.82 Å². The van der Waals surface area contributed by atoms with E-state index < -0.39 is 0 Å². The van der Waals surface area contributed by atoms with E-state index in [0.29, 0.717) is 5.92 Å². The van der Waals surface area contributed by atoms with Crippen LogP contribution in [0.4, 0.5) is 4.39 Å². The summed E-state index contributed by atoms with van der Waals surface area (Å²) < 4.78 is 12.7. The zero-order chi connectivity index (χ0) is 13.3. The van der Waals surface area contributed by atoms with Crippen LogP contribution in [0.25, 0.3) is 0 Å². The lowest BCUT2D eigenvalue weighted by molar-refractivity contribution is 0.443. The van der Waals surface area contributed by atoms with E-state index in [1.807, 2.05) is 48.5 Å². The third-order valence-electron chi connectivity index (χ3n) is 3.61. The van der Waals surface area contributed by atoms with Gasteiger partial charge in [0.25, 0.3) is 0 Å². The molecule has 0 heterocycles. The van der Waals surface area contributed by atoms with Gasteiger partial charge in [-0.05, 0) is 36.5 Å². The van der Waals surface area contributed by atoms with Crippen LogP contribution in [0.5, 0.6) is 0 Å². The van der Waals surface area contributed by atoms with Gasteiger partial charge in [-0.25, -0.2) is 4.39 Å². The summed E-state index contributed by atoms with van der Waals surface area (Å²) in [6, 6.07) is 19.0. The molecule has 19 heavy (non-hydrogen) atoms. The van der Waals surface area contributed by atoms with Crippen molar-refractivity contribution in [2.24, 2.45) is 0 Å². The van der Waals surface area contributed by atoms with Gasteiger partial charge in [0.15, 0.2) is 0 Å². The molecule has 100 valence electrons. The van der Waals surface area contributed by atoms with Crippen LogP contribution in [-0.2, 0) is 0 Å². The Morgan fingerprint density at radius 2 is 1.16 bits per heavy atom. The lowest BCUT2D eigenvalue weighted by Gasteiger charge is -2.21. The van der Waals surface area contributed by atoms with E-state index in [2.05, 4.69) is 0 Å². The van der Waals surface area contributed by atoms with Crippen LogP contribution >= 0.6 is 0 Å². The highest BCUT2D eigenvalue weighted by Gasteiger charge is 2.14. The number of rotatable bonds is 1. The minimum atomic E-state index is -0.125. The summed E-state index contributed by atoms with van der Waals surface area (Å²) in [5, 5.41) is 0. The maximum absolute atomic E-state index is 12.7. The summed E-state index contributed by atoms with van der Waals surface area (Å²) in [7, 11) is 0. The second-order valence-corrected chi connectivity index (χ2v) is 5.04. The maximum atomic E-state index is 12.7. The van der Waals surface area contributed by atoms with E-state index in [9.17, 15) is 4.39 Å². The number of hydrogen-bond acceptors (Lipinski definition) is 0. The van der Waals surface area contributed by atoms with Crippen LogP contribution < -0.4 is 0 Å². The molecule has 1 fully saturated rings. The van der Waals surface area contributed by atoms with Gasteiger partial charge < -0.3 is 0 Å². The van der Waals surface area contributed by atoms with E-state index in [-0.39, 0.29) is 5.82 Å².